The molecule has 2 N–H and O–H groups in total. The Bertz CT molecular complexity index is 799. The maximum absolute atomic E-state index is 12.6. The third-order valence-electron chi connectivity index (χ3n) is 4.68. The summed E-state index contributed by atoms with van der Waals surface area (Å²) in [5.74, 6) is -0.556. The molecule has 2 aromatic carbocycles. The molecule has 2 aromatic rings. The summed E-state index contributed by atoms with van der Waals surface area (Å²) in [7, 11) is 1.52. The van der Waals surface area contributed by atoms with Gasteiger partial charge in [-0.2, -0.15) is 0 Å². The summed E-state index contributed by atoms with van der Waals surface area (Å²) in [6.45, 7) is 0. The molecule has 0 radical (unpaired) electrons. The van der Waals surface area contributed by atoms with Gasteiger partial charge < -0.3 is 19.9 Å². The molecule has 0 spiro atoms. The normalized spacial score (nSPS) is 15.1. The SMILES string of the molecule is COc1cc(C(=O)N[C@@H](C(=O)O)c2ccccc2)ccc1OC1CCCC1. The molecule has 1 aliphatic carbocycles. The summed E-state index contributed by atoms with van der Waals surface area (Å²) >= 11 is 0. The highest BCUT2D eigenvalue weighted by molar-refractivity contribution is 5.97. The van der Waals surface area contributed by atoms with E-state index in [9.17, 15) is 14.7 Å². The predicted molar refractivity (Wildman–Crippen MR) is 100 cm³/mol. The van der Waals surface area contributed by atoms with E-state index in [1.54, 1.807) is 48.5 Å². The van der Waals surface area contributed by atoms with Gasteiger partial charge in [-0.3, -0.25) is 4.79 Å². The fourth-order valence-corrected chi connectivity index (χ4v) is 3.24. The minimum absolute atomic E-state index is 0.174. The smallest absolute Gasteiger partial charge is 0.330 e. The first-order valence-electron chi connectivity index (χ1n) is 9.02. The molecule has 1 aliphatic rings. The monoisotopic (exact) mass is 369 g/mol. The Hall–Kier alpha value is -3.02. The Morgan fingerprint density at radius 2 is 1.78 bits per heavy atom. The van der Waals surface area contributed by atoms with Gasteiger partial charge in [0.05, 0.1) is 13.2 Å². The zero-order valence-corrected chi connectivity index (χ0v) is 15.2. The molecule has 0 heterocycles. The summed E-state index contributed by atoms with van der Waals surface area (Å²) in [5, 5.41) is 12.0. The highest BCUT2D eigenvalue weighted by Gasteiger charge is 2.24. The summed E-state index contributed by atoms with van der Waals surface area (Å²) in [4.78, 5) is 24.2. The van der Waals surface area contributed by atoms with Gasteiger partial charge in [0, 0.05) is 5.56 Å². The van der Waals surface area contributed by atoms with E-state index >= 15 is 0 Å². The maximum atomic E-state index is 12.6. The molecule has 1 saturated carbocycles. The highest BCUT2D eigenvalue weighted by Crippen LogP contribution is 2.32. The molecular formula is C21H23NO5. The number of carbonyl (C=O) groups excluding carboxylic acids is 1. The van der Waals surface area contributed by atoms with Crippen LogP contribution in [0.2, 0.25) is 0 Å². The van der Waals surface area contributed by atoms with Crippen molar-refractivity contribution in [2.75, 3.05) is 7.11 Å². The Morgan fingerprint density at radius 1 is 1.07 bits per heavy atom. The molecule has 0 bridgehead atoms. The second-order valence-corrected chi connectivity index (χ2v) is 6.55. The van der Waals surface area contributed by atoms with Crippen molar-refractivity contribution in [3.05, 3.63) is 59.7 Å². The van der Waals surface area contributed by atoms with Gasteiger partial charge in [-0.25, -0.2) is 4.79 Å². The van der Waals surface area contributed by atoms with E-state index in [0.29, 0.717) is 22.6 Å². The maximum Gasteiger partial charge on any atom is 0.330 e. The number of rotatable bonds is 7. The van der Waals surface area contributed by atoms with Gasteiger partial charge in [-0.1, -0.05) is 30.3 Å². The van der Waals surface area contributed by atoms with Crippen LogP contribution >= 0.6 is 0 Å². The molecule has 1 amide bonds. The zero-order chi connectivity index (χ0) is 19.2. The molecule has 142 valence electrons. The van der Waals surface area contributed by atoms with Gasteiger partial charge in [0.15, 0.2) is 17.5 Å². The number of aliphatic carboxylic acids is 1. The van der Waals surface area contributed by atoms with E-state index in [1.165, 1.54) is 7.11 Å². The molecule has 0 saturated heterocycles. The lowest BCUT2D eigenvalue weighted by atomic mass is 10.1. The highest BCUT2D eigenvalue weighted by atomic mass is 16.5. The Kier molecular flexibility index (Phi) is 5.96. The summed E-state index contributed by atoms with van der Waals surface area (Å²) in [6, 6.07) is 12.3. The van der Waals surface area contributed by atoms with Crippen LogP contribution in [0.25, 0.3) is 0 Å². The number of methoxy groups -OCH3 is 1. The Labute approximate surface area is 158 Å². The van der Waals surface area contributed by atoms with E-state index in [1.807, 2.05) is 0 Å². The topological polar surface area (TPSA) is 84.9 Å². The number of carboxylic acid groups (broad SMARTS) is 1. The van der Waals surface area contributed by atoms with Crippen molar-refractivity contribution in [2.24, 2.45) is 0 Å². The van der Waals surface area contributed by atoms with E-state index in [-0.39, 0.29) is 6.10 Å². The third kappa shape index (κ3) is 4.58. The predicted octanol–water partition coefficient (Wildman–Crippen LogP) is 3.57. The summed E-state index contributed by atoms with van der Waals surface area (Å²) in [5.41, 5.74) is 0.819. The number of hydrogen-bond acceptors (Lipinski definition) is 4. The minimum Gasteiger partial charge on any atom is -0.493 e. The molecule has 3 rings (SSSR count). The quantitative estimate of drug-likeness (QED) is 0.779. The molecule has 27 heavy (non-hydrogen) atoms. The van der Waals surface area contributed by atoms with Crippen molar-refractivity contribution in [3.63, 3.8) is 0 Å². The van der Waals surface area contributed by atoms with Crippen LogP contribution < -0.4 is 14.8 Å². The summed E-state index contributed by atoms with van der Waals surface area (Å²) < 4.78 is 11.3. The van der Waals surface area contributed by atoms with Crippen LogP contribution in [-0.2, 0) is 4.79 Å². The first-order chi connectivity index (χ1) is 13.1. The molecule has 6 heteroatoms. The Morgan fingerprint density at radius 3 is 2.41 bits per heavy atom. The molecule has 1 fully saturated rings. The molecule has 6 nitrogen and oxygen atoms in total. The number of carbonyl (C=O) groups is 2. The van der Waals surface area contributed by atoms with Crippen molar-refractivity contribution in [2.45, 2.75) is 37.8 Å². The second kappa shape index (κ2) is 8.58. The molecule has 0 aromatic heterocycles. The van der Waals surface area contributed by atoms with Crippen molar-refractivity contribution < 1.29 is 24.2 Å². The average molecular weight is 369 g/mol. The van der Waals surface area contributed by atoms with Gasteiger partial charge in [-0.05, 0) is 49.4 Å². The fourth-order valence-electron chi connectivity index (χ4n) is 3.24. The van der Waals surface area contributed by atoms with Crippen LogP contribution in [0.5, 0.6) is 11.5 Å². The largest absolute Gasteiger partial charge is 0.493 e. The van der Waals surface area contributed by atoms with Crippen LogP contribution in [0.3, 0.4) is 0 Å². The third-order valence-corrected chi connectivity index (χ3v) is 4.68. The van der Waals surface area contributed by atoms with Crippen molar-refractivity contribution >= 4 is 11.9 Å². The lowest BCUT2D eigenvalue weighted by molar-refractivity contribution is -0.139. The van der Waals surface area contributed by atoms with E-state index < -0.39 is 17.9 Å². The minimum atomic E-state index is -1.13. The van der Waals surface area contributed by atoms with Crippen molar-refractivity contribution in [1.82, 2.24) is 5.32 Å². The van der Waals surface area contributed by atoms with Crippen LogP contribution in [0.1, 0.15) is 47.6 Å². The fraction of sp³-hybridized carbons (Fsp3) is 0.333. The molecule has 0 unspecified atom stereocenters. The number of ether oxygens (including phenoxy) is 2. The van der Waals surface area contributed by atoms with Gasteiger partial charge in [-0.15, -0.1) is 0 Å². The van der Waals surface area contributed by atoms with Crippen LogP contribution in [0, 0.1) is 0 Å². The Balaban J connectivity index is 1.76. The summed E-state index contributed by atoms with van der Waals surface area (Å²) in [6.07, 6.45) is 4.52. The molecule has 0 aliphatic heterocycles. The van der Waals surface area contributed by atoms with Gasteiger partial charge in [0.2, 0.25) is 0 Å². The van der Waals surface area contributed by atoms with Gasteiger partial charge >= 0.3 is 5.97 Å². The van der Waals surface area contributed by atoms with E-state index in [0.717, 1.165) is 25.7 Å². The number of carboxylic acids is 1. The molecule has 1 atom stereocenters. The number of nitrogens with one attached hydrogen (secondary N) is 1. The first-order valence-corrected chi connectivity index (χ1v) is 9.02. The standard InChI is InChI=1S/C21H23NO5/c1-26-18-13-15(11-12-17(18)27-16-9-5-6-10-16)20(23)22-19(21(24)25)14-7-3-2-4-8-14/h2-4,7-8,11-13,16,19H,5-6,9-10H2,1H3,(H,22,23)(H,24,25)/t19-/m1/s1. The van der Waals surface area contributed by atoms with E-state index in [4.69, 9.17) is 9.47 Å². The van der Waals surface area contributed by atoms with Crippen molar-refractivity contribution in [3.8, 4) is 11.5 Å². The van der Waals surface area contributed by atoms with Gasteiger partial charge in [0.1, 0.15) is 0 Å². The number of benzene rings is 2. The van der Waals surface area contributed by atoms with Crippen LogP contribution in [0.15, 0.2) is 48.5 Å². The number of hydrogen-bond donors (Lipinski definition) is 2. The molecular weight excluding hydrogens is 346 g/mol. The number of amides is 1. The van der Waals surface area contributed by atoms with Crippen LogP contribution in [0.4, 0.5) is 0 Å². The zero-order valence-electron chi connectivity index (χ0n) is 15.2. The average Bonchev–Trinajstić information content (AvgIpc) is 3.19. The van der Waals surface area contributed by atoms with E-state index in [2.05, 4.69) is 5.32 Å². The first kappa shape index (κ1) is 18.8. The van der Waals surface area contributed by atoms with Crippen molar-refractivity contribution in [1.29, 1.82) is 0 Å². The van der Waals surface area contributed by atoms with Crippen LogP contribution in [-0.4, -0.2) is 30.2 Å². The van der Waals surface area contributed by atoms with Gasteiger partial charge in [0.25, 0.3) is 5.91 Å². The lowest BCUT2D eigenvalue weighted by Gasteiger charge is -2.18. The lowest BCUT2D eigenvalue weighted by Crippen LogP contribution is -2.33. The second-order valence-electron chi connectivity index (χ2n) is 6.55.